The molecule has 2 unspecified atom stereocenters. The largest absolute Gasteiger partial charge is 0.389 e. The second-order valence-electron chi connectivity index (χ2n) is 10.5. The van der Waals surface area contributed by atoms with E-state index in [1.54, 1.807) is 29.2 Å². The maximum atomic E-state index is 13.7. The highest BCUT2D eigenvalue weighted by Crippen LogP contribution is 2.44. The lowest BCUT2D eigenvalue weighted by Crippen LogP contribution is -2.50. The minimum atomic E-state index is -2.90. The fraction of sp³-hybridized carbons (Fsp3) is 0.367. The number of amides is 2. The van der Waals surface area contributed by atoms with E-state index in [1.165, 1.54) is 6.07 Å². The molecule has 5 rings (SSSR count). The molecule has 0 bridgehead atoms. The number of halogens is 3. The van der Waals surface area contributed by atoms with Gasteiger partial charge in [0.25, 0.3) is 18.2 Å². The van der Waals surface area contributed by atoms with Crippen molar-refractivity contribution in [3.05, 3.63) is 94.3 Å². The predicted octanol–water partition coefficient (Wildman–Crippen LogP) is 4.80. The number of nitrogens with one attached hydrogen (secondary N) is 1. The first-order valence-corrected chi connectivity index (χ1v) is 13.7. The molecule has 3 aromatic rings. The molecule has 2 amide bonds. The number of benzene rings is 2. The highest BCUT2D eigenvalue weighted by atomic mass is 35.5. The zero-order valence-corrected chi connectivity index (χ0v) is 22.4. The van der Waals surface area contributed by atoms with Crippen molar-refractivity contribution in [1.82, 2.24) is 10.3 Å². The molecule has 7 nitrogen and oxygen atoms in total. The second-order valence-corrected chi connectivity index (χ2v) is 10.9. The average Bonchev–Trinajstić information content (AvgIpc) is 3.17. The topological polar surface area (TPSA) is 103 Å². The fourth-order valence-corrected chi connectivity index (χ4v) is 5.92. The summed E-state index contributed by atoms with van der Waals surface area (Å²) < 4.78 is 26.7. The molecular weight excluding hydrogens is 540 g/mol. The number of alkyl halides is 2. The van der Waals surface area contributed by atoms with Crippen LogP contribution in [0.15, 0.2) is 66.9 Å². The van der Waals surface area contributed by atoms with Crippen LogP contribution in [-0.2, 0) is 16.8 Å². The van der Waals surface area contributed by atoms with Gasteiger partial charge in [-0.1, -0.05) is 60.1 Å². The van der Waals surface area contributed by atoms with Crippen LogP contribution in [0.25, 0.3) is 0 Å². The highest BCUT2D eigenvalue weighted by Gasteiger charge is 2.54. The Morgan fingerprint density at radius 1 is 1.10 bits per heavy atom. The molecule has 0 saturated heterocycles. The van der Waals surface area contributed by atoms with Crippen LogP contribution in [-0.4, -0.2) is 45.7 Å². The molecule has 2 heterocycles. The van der Waals surface area contributed by atoms with Crippen molar-refractivity contribution in [1.29, 1.82) is 0 Å². The molecule has 10 heteroatoms. The lowest BCUT2D eigenvalue weighted by molar-refractivity contribution is -0.149. The van der Waals surface area contributed by atoms with Gasteiger partial charge in [0, 0.05) is 30.8 Å². The maximum Gasteiger partial charge on any atom is 0.281 e. The third kappa shape index (κ3) is 5.46. The number of aromatic nitrogens is 1. The van der Waals surface area contributed by atoms with Crippen molar-refractivity contribution < 1.29 is 28.6 Å². The SMILES string of the molecule is O=C(NC1CCC(CN2C(=O)C(O)(C(O)Cc3ccccc3)c3ccccc32)CC1)c1cc(Cl)cnc1C(F)F. The number of aliphatic hydroxyl groups is 2. The number of hydrogen-bond acceptors (Lipinski definition) is 5. The molecule has 1 aliphatic heterocycles. The Bertz CT molecular complexity index is 1380. The average molecular weight is 570 g/mol. The van der Waals surface area contributed by atoms with Crippen LogP contribution in [0.5, 0.6) is 0 Å². The molecule has 40 heavy (non-hydrogen) atoms. The van der Waals surface area contributed by atoms with Gasteiger partial charge in [-0.05, 0) is 49.3 Å². The van der Waals surface area contributed by atoms with Gasteiger partial charge in [-0.25, -0.2) is 8.78 Å². The number of rotatable bonds is 8. The molecule has 1 aromatic heterocycles. The summed E-state index contributed by atoms with van der Waals surface area (Å²) in [5.74, 6) is -1.11. The van der Waals surface area contributed by atoms with Crippen molar-refractivity contribution in [3.63, 3.8) is 0 Å². The first-order valence-electron chi connectivity index (χ1n) is 13.3. The van der Waals surface area contributed by atoms with E-state index in [1.807, 2.05) is 30.3 Å². The number of carbonyl (C=O) groups is 2. The van der Waals surface area contributed by atoms with Crippen LogP contribution < -0.4 is 10.2 Å². The summed E-state index contributed by atoms with van der Waals surface area (Å²) in [5.41, 5.74) is -1.15. The van der Waals surface area contributed by atoms with Crippen LogP contribution in [0.1, 0.15) is 59.3 Å². The molecule has 1 aliphatic carbocycles. The molecule has 3 N–H and O–H groups in total. The van der Waals surface area contributed by atoms with Gasteiger partial charge in [0.1, 0.15) is 11.8 Å². The number of pyridine rings is 1. The molecule has 2 atom stereocenters. The van der Waals surface area contributed by atoms with Crippen molar-refractivity contribution >= 4 is 29.1 Å². The molecule has 2 aromatic carbocycles. The molecule has 1 fully saturated rings. The van der Waals surface area contributed by atoms with Crippen LogP contribution in [0.3, 0.4) is 0 Å². The normalized spacial score (nSPS) is 23.2. The zero-order chi connectivity index (χ0) is 28.4. The predicted molar refractivity (Wildman–Crippen MR) is 146 cm³/mol. The maximum absolute atomic E-state index is 13.7. The van der Waals surface area contributed by atoms with E-state index < -0.39 is 35.6 Å². The number of nitrogens with zero attached hydrogens (tertiary/aromatic N) is 2. The monoisotopic (exact) mass is 569 g/mol. The minimum Gasteiger partial charge on any atom is -0.389 e. The number of para-hydroxylation sites is 1. The molecule has 2 aliphatic rings. The number of hydrogen-bond donors (Lipinski definition) is 3. The van der Waals surface area contributed by atoms with Crippen LogP contribution in [0.4, 0.5) is 14.5 Å². The summed E-state index contributed by atoms with van der Waals surface area (Å²) in [7, 11) is 0. The number of carbonyl (C=O) groups excluding carboxylic acids is 2. The van der Waals surface area contributed by atoms with E-state index in [9.17, 15) is 28.6 Å². The summed E-state index contributed by atoms with van der Waals surface area (Å²) in [6, 6.07) is 17.2. The summed E-state index contributed by atoms with van der Waals surface area (Å²) in [5, 5.41) is 25.6. The van der Waals surface area contributed by atoms with Gasteiger partial charge < -0.3 is 20.4 Å². The lowest BCUT2D eigenvalue weighted by Gasteiger charge is -2.33. The van der Waals surface area contributed by atoms with Gasteiger partial charge in [-0.2, -0.15) is 0 Å². The van der Waals surface area contributed by atoms with E-state index in [-0.39, 0.29) is 29.0 Å². The van der Waals surface area contributed by atoms with Crippen molar-refractivity contribution in [2.75, 3.05) is 11.4 Å². The standard InChI is InChI=1S/C30H30ClF2N3O4/c31-20-15-22(26(27(32)33)34-16-20)28(38)35-21-12-10-19(11-13-21)17-36-24-9-5-4-8-23(24)30(40,29(36)39)25(37)14-18-6-2-1-3-7-18/h1-9,15-16,19,21,25,27,37,40H,10-14,17H2,(H,35,38). The van der Waals surface area contributed by atoms with Crippen LogP contribution >= 0.6 is 11.6 Å². The Hall–Kier alpha value is -3.40. The first-order chi connectivity index (χ1) is 19.2. The Morgan fingerprint density at radius 2 is 1.77 bits per heavy atom. The number of anilines is 1. The third-order valence-electron chi connectivity index (χ3n) is 7.89. The minimum absolute atomic E-state index is 0.0863. The van der Waals surface area contributed by atoms with Gasteiger partial charge in [0.15, 0.2) is 5.60 Å². The summed E-state index contributed by atoms with van der Waals surface area (Å²) in [6.45, 7) is 0.352. The van der Waals surface area contributed by atoms with Gasteiger partial charge in [0.05, 0.1) is 16.3 Å². The summed E-state index contributed by atoms with van der Waals surface area (Å²) >= 11 is 5.88. The van der Waals surface area contributed by atoms with Crippen molar-refractivity contribution in [2.24, 2.45) is 5.92 Å². The zero-order valence-electron chi connectivity index (χ0n) is 21.6. The molecule has 0 radical (unpaired) electrons. The number of aliphatic hydroxyl groups excluding tert-OH is 1. The van der Waals surface area contributed by atoms with E-state index in [0.717, 1.165) is 11.8 Å². The van der Waals surface area contributed by atoms with Crippen molar-refractivity contribution in [3.8, 4) is 0 Å². The first kappa shape index (κ1) is 28.1. The number of fused-ring (bicyclic) bond motifs is 1. The lowest BCUT2D eigenvalue weighted by atomic mass is 9.85. The van der Waals surface area contributed by atoms with E-state index in [2.05, 4.69) is 10.3 Å². The van der Waals surface area contributed by atoms with Crippen LogP contribution in [0.2, 0.25) is 5.02 Å². The summed E-state index contributed by atoms with van der Waals surface area (Å²) in [6.07, 6.45) is -0.485. The van der Waals surface area contributed by atoms with Crippen LogP contribution in [0, 0.1) is 5.92 Å². The Labute approximate surface area is 235 Å². The quantitative estimate of drug-likeness (QED) is 0.362. The third-order valence-corrected chi connectivity index (χ3v) is 8.10. The second kappa shape index (κ2) is 11.6. The summed E-state index contributed by atoms with van der Waals surface area (Å²) in [4.78, 5) is 31.6. The van der Waals surface area contributed by atoms with Gasteiger partial charge in [-0.3, -0.25) is 14.6 Å². The van der Waals surface area contributed by atoms with E-state index >= 15 is 0 Å². The molecule has 210 valence electrons. The highest BCUT2D eigenvalue weighted by molar-refractivity contribution is 6.30. The van der Waals surface area contributed by atoms with Gasteiger partial charge >= 0.3 is 0 Å². The van der Waals surface area contributed by atoms with Gasteiger partial charge in [-0.15, -0.1) is 0 Å². The van der Waals surface area contributed by atoms with E-state index in [4.69, 9.17) is 11.6 Å². The Kier molecular flexibility index (Phi) is 8.16. The fourth-order valence-electron chi connectivity index (χ4n) is 5.77. The van der Waals surface area contributed by atoms with E-state index in [0.29, 0.717) is 43.5 Å². The smallest absolute Gasteiger partial charge is 0.281 e. The molecular formula is C30H30ClF2N3O4. The molecule has 0 spiro atoms. The van der Waals surface area contributed by atoms with Gasteiger partial charge in [0.2, 0.25) is 0 Å². The van der Waals surface area contributed by atoms with Crippen molar-refractivity contribution in [2.45, 2.75) is 56.3 Å². The Morgan fingerprint density at radius 3 is 2.48 bits per heavy atom. The molecule has 1 saturated carbocycles. The Balaban J connectivity index is 1.24.